The second kappa shape index (κ2) is 5.96. The first-order valence-corrected chi connectivity index (χ1v) is 8.17. The zero-order valence-corrected chi connectivity index (χ0v) is 14.1. The summed E-state index contributed by atoms with van der Waals surface area (Å²) in [5, 5.41) is 4.82. The number of pyridine rings is 1. The highest BCUT2D eigenvalue weighted by atomic mass is 16.5. The number of hydrogen-bond donors (Lipinski definition) is 0. The Kier molecular flexibility index (Phi) is 3.76. The number of aromatic nitrogens is 4. The minimum Gasteiger partial charge on any atom is -0.465 e. The summed E-state index contributed by atoms with van der Waals surface area (Å²) in [6, 6.07) is 1.81. The molecule has 0 spiro atoms. The van der Waals surface area contributed by atoms with Crippen LogP contribution in [0.4, 0.5) is 0 Å². The normalized spacial score (nSPS) is 17.4. The van der Waals surface area contributed by atoms with E-state index in [1.54, 1.807) is 17.7 Å². The minimum absolute atomic E-state index is 0.0738. The highest BCUT2D eigenvalue weighted by Crippen LogP contribution is 2.19. The summed E-state index contributed by atoms with van der Waals surface area (Å²) in [5.74, 6) is -0.494. The van der Waals surface area contributed by atoms with Gasteiger partial charge in [0.2, 0.25) is 0 Å². The molecule has 4 heterocycles. The lowest BCUT2D eigenvalue weighted by atomic mass is 10.2. The van der Waals surface area contributed by atoms with Gasteiger partial charge >= 0.3 is 5.97 Å². The maximum atomic E-state index is 12.8. The molecular weight excluding hydrogens is 324 g/mol. The van der Waals surface area contributed by atoms with E-state index in [-0.39, 0.29) is 11.7 Å². The summed E-state index contributed by atoms with van der Waals surface area (Å²) in [4.78, 5) is 29.0. The van der Waals surface area contributed by atoms with Gasteiger partial charge in [-0.15, -0.1) is 0 Å². The average Bonchev–Trinajstić information content (AvgIpc) is 3.23. The van der Waals surface area contributed by atoms with Crippen molar-refractivity contribution in [2.45, 2.75) is 32.4 Å². The van der Waals surface area contributed by atoms with Crippen LogP contribution in [0.2, 0.25) is 0 Å². The third kappa shape index (κ3) is 2.49. The van der Waals surface area contributed by atoms with Crippen LogP contribution in [-0.4, -0.2) is 45.0 Å². The van der Waals surface area contributed by atoms with Gasteiger partial charge < -0.3 is 14.0 Å². The summed E-state index contributed by atoms with van der Waals surface area (Å²) in [5.41, 5.74) is 1.67. The molecule has 130 valence electrons. The minimum atomic E-state index is -0.494. The maximum Gasteiger partial charge on any atom is 0.343 e. The highest BCUT2D eigenvalue weighted by Gasteiger charge is 2.21. The van der Waals surface area contributed by atoms with Crippen molar-refractivity contribution in [1.29, 1.82) is 0 Å². The van der Waals surface area contributed by atoms with E-state index in [2.05, 4.69) is 10.1 Å². The molecule has 1 fully saturated rings. The predicted octanol–water partition coefficient (Wildman–Crippen LogP) is 1.32. The second-order valence-corrected chi connectivity index (χ2v) is 6.15. The average molecular weight is 342 g/mol. The lowest BCUT2D eigenvalue weighted by molar-refractivity contribution is 0.0602. The number of aryl methyl sites for hydroxylation is 1. The topological polar surface area (TPSA) is 87.7 Å². The van der Waals surface area contributed by atoms with E-state index >= 15 is 0 Å². The standard InChI is InChI=1S/C17H18N4O4/c1-10-14(17(23)24-2)15-18-8-12-13(21(15)19-10)5-6-20(16(12)22)9-11-4-3-7-25-11/h5-6,8,11H,3-4,7,9H2,1-2H3. The van der Waals surface area contributed by atoms with Gasteiger partial charge in [-0.25, -0.2) is 14.3 Å². The van der Waals surface area contributed by atoms with E-state index in [1.165, 1.54) is 17.8 Å². The summed E-state index contributed by atoms with van der Waals surface area (Å²) in [6.45, 7) is 2.99. The first-order valence-electron chi connectivity index (χ1n) is 8.17. The molecule has 0 aromatic carbocycles. The number of ether oxygens (including phenoxy) is 2. The monoisotopic (exact) mass is 342 g/mol. The van der Waals surface area contributed by atoms with Gasteiger partial charge in [0.1, 0.15) is 5.56 Å². The number of fused-ring (bicyclic) bond motifs is 3. The second-order valence-electron chi connectivity index (χ2n) is 6.15. The number of rotatable bonds is 3. The van der Waals surface area contributed by atoms with Gasteiger partial charge in [0, 0.05) is 19.0 Å². The largest absolute Gasteiger partial charge is 0.465 e. The molecule has 0 bridgehead atoms. The molecule has 1 unspecified atom stereocenters. The maximum absolute atomic E-state index is 12.8. The molecule has 0 amide bonds. The Balaban J connectivity index is 1.87. The summed E-state index contributed by atoms with van der Waals surface area (Å²) in [7, 11) is 1.32. The van der Waals surface area contributed by atoms with Gasteiger partial charge in [0.25, 0.3) is 5.56 Å². The Morgan fingerprint density at radius 1 is 1.48 bits per heavy atom. The fraction of sp³-hybridized carbons (Fsp3) is 0.412. The smallest absolute Gasteiger partial charge is 0.343 e. The van der Waals surface area contributed by atoms with Crippen LogP contribution in [0.15, 0.2) is 23.3 Å². The van der Waals surface area contributed by atoms with E-state index in [9.17, 15) is 9.59 Å². The Bertz CT molecular complexity index is 1030. The van der Waals surface area contributed by atoms with Crippen LogP contribution in [0.5, 0.6) is 0 Å². The van der Waals surface area contributed by atoms with E-state index in [1.807, 2.05) is 6.07 Å². The number of carbonyl (C=O) groups is 1. The van der Waals surface area contributed by atoms with Crippen LogP contribution in [0.1, 0.15) is 28.9 Å². The number of carbonyl (C=O) groups excluding carboxylic acids is 1. The molecule has 1 saturated heterocycles. The Hall–Kier alpha value is -2.74. The molecule has 4 rings (SSSR count). The van der Waals surface area contributed by atoms with Crippen LogP contribution < -0.4 is 5.56 Å². The summed E-state index contributed by atoms with van der Waals surface area (Å²) in [6.07, 6.45) is 5.29. The van der Waals surface area contributed by atoms with Crippen LogP contribution in [0.25, 0.3) is 16.6 Å². The van der Waals surface area contributed by atoms with Crippen molar-refractivity contribution in [3.63, 3.8) is 0 Å². The molecule has 3 aromatic rings. The number of nitrogens with zero attached hydrogens (tertiary/aromatic N) is 4. The van der Waals surface area contributed by atoms with E-state index in [4.69, 9.17) is 9.47 Å². The van der Waals surface area contributed by atoms with Crippen molar-refractivity contribution in [2.24, 2.45) is 0 Å². The van der Waals surface area contributed by atoms with Gasteiger partial charge in [0.05, 0.1) is 36.4 Å². The lowest BCUT2D eigenvalue weighted by Crippen LogP contribution is -2.26. The fourth-order valence-electron chi connectivity index (χ4n) is 3.31. The van der Waals surface area contributed by atoms with Gasteiger partial charge in [-0.05, 0) is 25.8 Å². The summed E-state index contributed by atoms with van der Waals surface area (Å²) < 4.78 is 13.6. The van der Waals surface area contributed by atoms with Gasteiger partial charge in [-0.1, -0.05) is 0 Å². The quantitative estimate of drug-likeness (QED) is 0.667. The van der Waals surface area contributed by atoms with E-state index < -0.39 is 5.97 Å². The van der Waals surface area contributed by atoms with Crippen molar-refractivity contribution in [1.82, 2.24) is 19.2 Å². The zero-order valence-electron chi connectivity index (χ0n) is 14.1. The van der Waals surface area contributed by atoms with Crippen LogP contribution >= 0.6 is 0 Å². The van der Waals surface area contributed by atoms with Crippen LogP contribution in [0.3, 0.4) is 0 Å². The first-order chi connectivity index (χ1) is 12.1. The Morgan fingerprint density at radius 2 is 2.32 bits per heavy atom. The van der Waals surface area contributed by atoms with Gasteiger partial charge in [0.15, 0.2) is 5.65 Å². The van der Waals surface area contributed by atoms with Crippen molar-refractivity contribution < 1.29 is 14.3 Å². The molecule has 0 saturated carbocycles. The fourth-order valence-corrected chi connectivity index (χ4v) is 3.31. The predicted molar refractivity (Wildman–Crippen MR) is 89.8 cm³/mol. The molecule has 25 heavy (non-hydrogen) atoms. The molecule has 0 radical (unpaired) electrons. The molecule has 1 atom stereocenters. The molecular formula is C17H18N4O4. The van der Waals surface area contributed by atoms with Crippen LogP contribution in [-0.2, 0) is 16.0 Å². The number of methoxy groups -OCH3 is 1. The summed E-state index contributed by atoms with van der Waals surface area (Å²) >= 11 is 0. The van der Waals surface area contributed by atoms with Gasteiger partial charge in [-0.3, -0.25) is 4.79 Å². The third-order valence-electron chi connectivity index (χ3n) is 4.57. The molecule has 1 aliphatic heterocycles. The third-order valence-corrected chi connectivity index (χ3v) is 4.57. The molecule has 0 N–H and O–H groups in total. The van der Waals surface area contributed by atoms with Gasteiger partial charge in [-0.2, -0.15) is 5.10 Å². The van der Waals surface area contributed by atoms with Crippen molar-refractivity contribution in [2.75, 3.05) is 13.7 Å². The molecule has 0 aliphatic carbocycles. The first kappa shape index (κ1) is 15.8. The highest BCUT2D eigenvalue weighted by molar-refractivity contribution is 5.98. The molecule has 8 nitrogen and oxygen atoms in total. The van der Waals surface area contributed by atoms with Crippen molar-refractivity contribution in [3.05, 3.63) is 40.1 Å². The Morgan fingerprint density at radius 3 is 3.04 bits per heavy atom. The van der Waals surface area contributed by atoms with E-state index in [0.717, 1.165) is 19.4 Å². The number of hydrogen-bond acceptors (Lipinski definition) is 6. The van der Waals surface area contributed by atoms with Crippen molar-refractivity contribution >= 4 is 22.5 Å². The Labute approximate surface area is 143 Å². The van der Waals surface area contributed by atoms with Crippen molar-refractivity contribution in [3.8, 4) is 0 Å². The van der Waals surface area contributed by atoms with E-state index in [0.29, 0.717) is 34.4 Å². The van der Waals surface area contributed by atoms with Crippen LogP contribution in [0, 0.1) is 6.92 Å². The lowest BCUT2D eigenvalue weighted by Gasteiger charge is -2.12. The molecule has 8 heteroatoms. The SMILES string of the molecule is COC(=O)c1c(C)nn2c1ncc1c(=O)n(CC3CCCO3)ccc12. The zero-order chi connectivity index (χ0) is 17.6. The molecule has 1 aliphatic rings. The number of esters is 1. The molecule has 3 aromatic heterocycles.